The first-order valence-electron chi connectivity index (χ1n) is 7.92. The molecule has 0 fully saturated rings. The Hall–Kier alpha value is -2.83. The van der Waals surface area contributed by atoms with Crippen LogP contribution >= 0.6 is 0 Å². The molecule has 0 spiro atoms. The molecule has 0 bridgehead atoms. The van der Waals surface area contributed by atoms with Crippen molar-refractivity contribution in [3.05, 3.63) is 70.3 Å². The molecule has 0 radical (unpaired) electrons. The molecule has 1 atom stereocenters. The number of nitrogens with one attached hydrogen (secondary N) is 1. The lowest BCUT2D eigenvalue weighted by atomic mass is 10.00. The average Bonchev–Trinajstić information content (AvgIpc) is 2.56. The second-order valence-electron chi connectivity index (χ2n) is 6.09. The predicted molar refractivity (Wildman–Crippen MR) is 91.5 cm³/mol. The maximum atomic E-state index is 13.1. The van der Waals surface area contributed by atoms with E-state index in [0.717, 1.165) is 28.8 Å². The average molecular weight is 364 g/mol. The van der Waals surface area contributed by atoms with Gasteiger partial charge in [-0.3, -0.25) is 9.59 Å². The van der Waals surface area contributed by atoms with Gasteiger partial charge < -0.3 is 11.1 Å². The minimum atomic E-state index is -4.68. The van der Waals surface area contributed by atoms with E-state index in [2.05, 4.69) is 5.32 Å². The topological polar surface area (TPSA) is 72.2 Å². The van der Waals surface area contributed by atoms with E-state index in [4.69, 9.17) is 5.73 Å². The van der Waals surface area contributed by atoms with Crippen LogP contribution in [0.2, 0.25) is 0 Å². The molecular weight excluding hydrogens is 345 g/mol. The Balaban J connectivity index is 2.24. The Morgan fingerprint density at radius 3 is 2.31 bits per heavy atom. The number of hydrogen-bond acceptors (Lipinski definition) is 2. The van der Waals surface area contributed by atoms with Crippen LogP contribution in [0, 0.1) is 13.8 Å². The van der Waals surface area contributed by atoms with Crippen LogP contribution in [0.4, 0.5) is 13.2 Å². The Bertz CT molecular complexity index is 832. The zero-order valence-corrected chi connectivity index (χ0v) is 14.4. The number of alkyl halides is 3. The highest BCUT2D eigenvalue weighted by Gasteiger charge is 2.35. The molecule has 2 aromatic rings. The quantitative estimate of drug-likeness (QED) is 0.856. The molecule has 0 heterocycles. The summed E-state index contributed by atoms with van der Waals surface area (Å²) in [5.74, 6) is -1.81. The van der Waals surface area contributed by atoms with Crippen LogP contribution in [0.5, 0.6) is 0 Å². The van der Waals surface area contributed by atoms with Crippen molar-refractivity contribution in [2.45, 2.75) is 32.5 Å². The van der Waals surface area contributed by atoms with Crippen molar-refractivity contribution in [2.24, 2.45) is 5.73 Å². The number of amides is 2. The zero-order valence-electron chi connectivity index (χ0n) is 14.4. The molecule has 0 saturated heterocycles. The summed E-state index contributed by atoms with van der Waals surface area (Å²) in [6.07, 6.45) is -4.58. The highest BCUT2D eigenvalue weighted by molar-refractivity contribution is 5.98. The molecule has 0 aliphatic carbocycles. The lowest BCUT2D eigenvalue weighted by molar-refractivity contribution is -0.137. The molecule has 2 aromatic carbocycles. The highest BCUT2D eigenvalue weighted by Crippen LogP contribution is 2.31. The number of nitrogens with two attached hydrogens (primary N) is 1. The van der Waals surface area contributed by atoms with Gasteiger partial charge in [-0.15, -0.1) is 0 Å². The van der Waals surface area contributed by atoms with E-state index >= 15 is 0 Å². The first kappa shape index (κ1) is 19.5. The molecule has 3 N–H and O–H groups in total. The third kappa shape index (κ3) is 4.62. The van der Waals surface area contributed by atoms with Crippen molar-refractivity contribution in [1.82, 2.24) is 5.32 Å². The molecule has 26 heavy (non-hydrogen) atoms. The van der Waals surface area contributed by atoms with E-state index in [-0.39, 0.29) is 6.42 Å². The zero-order chi connectivity index (χ0) is 19.5. The van der Waals surface area contributed by atoms with Crippen LogP contribution in [-0.2, 0) is 17.4 Å². The Labute approximate surface area is 149 Å². The van der Waals surface area contributed by atoms with Gasteiger partial charge in [0.05, 0.1) is 11.1 Å². The van der Waals surface area contributed by atoms with Crippen molar-refractivity contribution >= 4 is 11.8 Å². The lowest BCUT2D eigenvalue weighted by Gasteiger charge is -2.18. The number of benzene rings is 2. The molecule has 0 aliphatic heterocycles. The van der Waals surface area contributed by atoms with Crippen molar-refractivity contribution in [2.75, 3.05) is 0 Å². The summed E-state index contributed by atoms with van der Waals surface area (Å²) in [5, 5.41) is 2.31. The maximum absolute atomic E-state index is 13.1. The Morgan fingerprint density at radius 1 is 1.08 bits per heavy atom. The van der Waals surface area contributed by atoms with Gasteiger partial charge in [-0.25, -0.2) is 0 Å². The van der Waals surface area contributed by atoms with E-state index in [9.17, 15) is 22.8 Å². The second kappa shape index (κ2) is 7.59. The van der Waals surface area contributed by atoms with Gasteiger partial charge in [0.25, 0.3) is 5.91 Å². The fourth-order valence-corrected chi connectivity index (χ4v) is 2.55. The van der Waals surface area contributed by atoms with Crippen LogP contribution in [0.1, 0.15) is 32.6 Å². The largest absolute Gasteiger partial charge is 0.417 e. The molecule has 138 valence electrons. The summed E-state index contributed by atoms with van der Waals surface area (Å²) >= 11 is 0. The van der Waals surface area contributed by atoms with Gasteiger partial charge in [0.15, 0.2) is 0 Å². The van der Waals surface area contributed by atoms with Crippen LogP contribution in [-0.4, -0.2) is 17.9 Å². The van der Waals surface area contributed by atoms with E-state index in [1.54, 1.807) is 6.07 Å². The summed E-state index contributed by atoms with van der Waals surface area (Å²) in [7, 11) is 0. The Kier molecular flexibility index (Phi) is 5.69. The van der Waals surface area contributed by atoms with Crippen LogP contribution in [0.15, 0.2) is 42.5 Å². The smallest absolute Gasteiger partial charge is 0.368 e. The van der Waals surface area contributed by atoms with E-state index in [1.165, 1.54) is 12.1 Å². The highest BCUT2D eigenvalue weighted by atomic mass is 19.4. The SMILES string of the molecule is Cc1ccc(C[C@@H](NC(=O)c2ccccc2C(F)(F)F)C(N)=O)cc1C. The molecule has 7 heteroatoms. The first-order valence-corrected chi connectivity index (χ1v) is 7.92. The first-order chi connectivity index (χ1) is 12.1. The van der Waals surface area contributed by atoms with Crippen molar-refractivity contribution in [3.63, 3.8) is 0 Å². The number of rotatable bonds is 5. The number of carbonyl (C=O) groups excluding carboxylic acids is 2. The second-order valence-corrected chi connectivity index (χ2v) is 6.09. The molecular formula is C19H19F3N2O2. The molecule has 0 saturated carbocycles. The van der Waals surface area contributed by atoms with Crippen molar-refractivity contribution < 1.29 is 22.8 Å². The lowest BCUT2D eigenvalue weighted by Crippen LogP contribution is -2.46. The van der Waals surface area contributed by atoms with Crippen LogP contribution in [0.3, 0.4) is 0 Å². The predicted octanol–water partition coefficient (Wildman–Crippen LogP) is 3.15. The summed E-state index contributed by atoms with van der Waals surface area (Å²) in [4.78, 5) is 24.0. The maximum Gasteiger partial charge on any atom is 0.417 e. The van der Waals surface area contributed by atoms with Gasteiger partial charge in [0.1, 0.15) is 6.04 Å². The van der Waals surface area contributed by atoms with Crippen molar-refractivity contribution in [1.29, 1.82) is 0 Å². The van der Waals surface area contributed by atoms with Crippen LogP contribution < -0.4 is 11.1 Å². The molecule has 0 aliphatic rings. The van der Waals surface area contributed by atoms with Gasteiger partial charge in [-0.1, -0.05) is 30.3 Å². The number of carbonyl (C=O) groups is 2. The molecule has 0 unspecified atom stereocenters. The van der Waals surface area contributed by atoms with E-state index in [0.29, 0.717) is 0 Å². The van der Waals surface area contributed by atoms with Gasteiger partial charge in [0, 0.05) is 6.42 Å². The number of halogens is 3. The van der Waals surface area contributed by atoms with Gasteiger partial charge in [-0.05, 0) is 42.7 Å². The monoisotopic (exact) mass is 364 g/mol. The van der Waals surface area contributed by atoms with Gasteiger partial charge in [0.2, 0.25) is 5.91 Å². The number of aryl methyl sites for hydroxylation is 2. The fourth-order valence-electron chi connectivity index (χ4n) is 2.55. The van der Waals surface area contributed by atoms with Crippen LogP contribution in [0.25, 0.3) is 0 Å². The Morgan fingerprint density at radius 2 is 1.73 bits per heavy atom. The number of hydrogen-bond donors (Lipinski definition) is 2. The molecule has 2 rings (SSSR count). The van der Waals surface area contributed by atoms with E-state index < -0.39 is 35.2 Å². The summed E-state index contributed by atoms with van der Waals surface area (Å²) in [6, 6.07) is 8.78. The summed E-state index contributed by atoms with van der Waals surface area (Å²) in [6.45, 7) is 3.83. The summed E-state index contributed by atoms with van der Waals surface area (Å²) in [5.41, 5.74) is 6.53. The standard InChI is InChI=1S/C19H19F3N2O2/c1-11-7-8-13(9-12(11)2)10-16(17(23)25)24-18(26)14-5-3-4-6-15(14)19(20,21)22/h3-9,16H,10H2,1-2H3,(H2,23,25)(H,24,26)/t16-/m1/s1. The minimum absolute atomic E-state index is 0.0936. The third-order valence-corrected chi connectivity index (χ3v) is 4.14. The van der Waals surface area contributed by atoms with Crippen molar-refractivity contribution in [3.8, 4) is 0 Å². The molecule has 2 amide bonds. The third-order valence-electron chi connectivity index (χ3n) is 4.14. The molecule has 4 nitrogen and oxygen atoms in total. The molecule has 0 aromatic heterocycles. The fraction of sp³-hybridized carbons (Fsp3) is 0.263. The minimum Gasteiger partial charge on any atom is -0.368 e. The van der Waals surface area contributed by atoms with E-state index in [1.807, 2.05) is 26.0 Å². The normalized spacial score (nSPS) is 12.5. The van der Waals surface area contributed by atoms with Gasteiger partial charge >= 0.3 is 6.18 Å². The summed E-state index contributed by atoms with van der Waals surface area (Å²) < 4.78 is 39.2. The van der Waals surface area contributed by atoms with Gasteiger partial charge in [-0.2, -0.15) is 13.2 Å². The number of primary amides is 1.